The maximum Gasteiger partial charge on any atom is 0.238 e. The minimum atomic E-state index is 0.557. The molecule has 0 fully saturated rings. The van der Waals surface area contributed by atoms with Gasteiger partial charge in [0.2, 0.25) is 5.95 Å². The van der Waals surface area contributed by atoms with Crippen molar-refractivity contribution in [3.8, 4) is 78.9 Å². The summed E-state index contributed by atoms with van der Waals surface area (Å²) in [5, 5.41) is 4.73. The molecule has 0 amide bonds. The third-order valence-electron chi connectivity index (χ3n) is 13.2. The van der Waals surface area contributed by atoms with Gasteiger partial charge in [-0.15, -0.1) is 0 Å². The summed E-state index contributed by atoms with van der Waals surface area (Å²) in [6, 6.07) is 88.2. The van der Waals surface area contributed by atoms with E-state index in [1.165, 1.54) is 32.9 Å². The normalized spacial score (nSPS) is 11.5. The van der Waals surface area contributed by atoms with E-state index in [1.54, 1.807) is 0 Å². The van der Waals surface area contributed by atoms with Crippen molar-refractivity contribution in [3.05, 3.63) is 249 Å². The highest BCUT2D eigenvalue weighted by Crippen LogP contribution is 2.42. The van der Waals surface area contributed by atoms with Crippen molar-refractivity contribution in [1.82, 2.24) is 24.1 Å². The summed E-state index contributed by atoms with van der Waals surface area (Å²) in [6.07, 6.45) is 0. The Balaban J connectivity index is 0.987. The van der Waals surface area contributed by atoms with Gasteiger partial charge < -0.3 is 4.57 Å². The highest BCUT2D eigenvalue weighted by molar-refractivity contribution is 6.15. The number of rotatable bonds is 8. The van der Waals surface area contributed by atoms with Crippen LogP contribution >= 0.6 is 0 Å². The Morgan fingerprint density at radius 2 is 0.662 bits per heavy atom. The zero-order chi connectivity index (χ0) is 45.0. The summed E-state index contributed by atoms with van der Waals surface area (Å²) in [5.74, 6) is 1.76. The number of fused-ring (bicyclic) bond motifs is 6. The molecule has 0 bridgehead atoms. The molecule has 68 heavy (non-hydrogen) atoms. The van der Waals surface area contributed by atoms with Gasteiger partial charge in [0.15, 0.2) is 11.6 Å². The molecule has 13 rings (SSSR count). The summed E-state index contributed by atoms with van der Waals surface area (Å²) < 4.78 is 4.65. The van der Waals surface area contributed by atoms with Crippen molar-refractivity contribution in [2.24, 2.45) is 0 Å². The molecule has 3 heterocycles. The number of aromatic nitrogens is 5. The molecule has 318 valence electrons. The lowest BCUT2D eigenvalue weighted by molar-refractivity contribution is 0.954. The molecule has 0 unspecified atom stereocenters. The predicted molar refractivity (Wildman–Crippen MR) is 281 cm³/mol. The summed E-state index contributed by atoms with van der Waals surface area (Å²) in [5.41, 5.74) is 16.4. The molecule has 0 aliphatic carbocycles. The van der Waals surface area contributed by atoms with Gasteiger partial charge in [0.25, 0.3) is 0 Å². The van der Waals surface area contributed by atoms with Crippen LogP contribution in [0.4, 0.5) is 0 Å². The molecule has 0 saturated carbocycles. The Kier molecular flexibility index (Phi) is 9.43. The second-order valence-corrected chi connectivity index (χ2v) is 17.2. The molecule has 0 aliphatic heterocycles. The van der Waals surface area contributed by atoms with Crippen LogP contribution in [0.2, 0.25) is 0 Å². The van der Waals surface area contributed by atoms with E-state index in [2.05, 4.69) is 240 Å². The van der Waals surface area contributed by atoms with E-state index in [0.717, 1.165) is 72.0 Å². The van der Waals surface area contributed by atoms with Crippen LogP contribution in [0, 0.1) is 0 Å². The summed E-state index contributed by atoms with van der Waals surface area (Å²) in [4.78, 5) is 15.9. The largest absolute Gasteiger partial charge is 0.309 e. The second-order valence-electron chi connectivity index (χ2n) is 17.2. The van der Waals surface area contributed by atoms with Crippen molar-refractivity contribution in [2.45, 2.75) is 0 Å². The van der Waals surface area contributed by atoms with Crippen molar-refractivity contribution in [2.75, 3.05) is 0 Å². The number of hydrogen-bond acceptors (Lipinski definition) is 3. The van der Waals surface area contributed by atoms with Gasteiger partial charge in [0.1, 0.15) is 0 Å². The Hall–Kier alpha value is -9.19. The minimum absolute atomic E-state index is 0.557. The third-order valence-corrected chi connectivity index (χ3v) is 13.2. The van der Waals surface area contributed by atoms with E-state index in [-0.39, 0.29) is 0 Å². The maximum absolute atomic E-state index is 5.38. The SMILES string of the molecule is c1ccc(-c2cc(-c3ccccc3)c3c(c2)c2ccccc2n3-c2nc(-c3ccccc3)nc(-c3ccc(-c4ccc(-c5ccccc5)c(-n5c6ccccc6c6ccccc65)c4)cc3)n2)cc1. The van der Waals surface area contributed by atoms with Gasteiger partial charge in [0, 0.05) is 43.8 Å². The monoisotopic (exact) mass is 867 g/mol. The van der Waals surface area contributed by atoms with E-state index in [4.69, 9.17) is 15.0 Å². The van der Waals surface area contributed by atoms with Gasteiger partial charge in [-0.05, 0) is 69.8 Å². The Morgan fingerprint density at radius 1 is 0.250 bits per heavy atom. The fraction of sp³-hybridized carbons (Fsp3) is 0. The summed E-state index contributed by atoms with van der Waals surface area (Å²) in [6.45, 7) is 0. The van der Waals surface area contributed by atoms with E-state index >= 15 is 0 Å². The zero-order valence-corrected chi connectivity index (χ0v) is 36.9. The van der Waals surface area contributed by atoms with Crippen LogP contribution in [0.1, 0.15) is 0 Å². The molecule has 13 aromatic rings. The van der Waals surface area contributed by atoms with Crippen LogP contribution in [0.3, 0.4) is 0 Å². The summed E-state index contributed by atoms with van der Waals surface area (Å²) >= 11 is 0. The van der Waals surface area contributed by atoms with Gasteiger partial charge in [-0.25, -0.2) is 4.98 Å². The number of para-hydroxylation sites is 3. The van der Waals surface area contributed by atoms with Gasteiger partial charge in [0.05, 0.1) is 27.8 Å². The molecule has 10 aromatic carbocycles. The lowest BCUT2D eigenvalue weighted by Crippen LogP contribution is -2.07. The average Bonchev–Trinajstić information content (AvgIpc) is 3.94. The molecule has 5 nitrogen and oxygen atoms in total. The minimum Gasteiger partial charge on any atom is -0.309 e. The molecule has 0 saturated heterocycles. The van der Waals surface area contributed by atoms with E-state index < -0.39 is 0 Å². The first kappa shape index (κ1) is 39.2. The highest BCUT2D eigenvalue weighted by Gasteiger charge is 2.22. The van der Waals surface area contributed by atoms with Gasteiger partial charge >= 0.3 is 0 Å². The van der Waals surface area contributed by atoms with Crippen LogP contribution in [-0.2, 0) is 0 Å². The quantitative estimate of drug-likeness (QED) is 0.153. The summed E-state index contributed by atoms with van der Waals surface area (Å²) in [7, 11) is 0. The van der Waals surface area contributed by atoms with Gasteiger partial charge in [-0.1, -0.05) is 212 Å². The van der Waals surface area contributed by atoms with E-state index in [9.17, 15) is 0 Å². The van der Waals surface area contributed by atoms with Crippen LogP contribution in [-0.4, -0.2) is 24.1 Å². The molecule has 5 heteroatoms. The smallest absolute Gasteiger partial charge is 0.238 e. The van der Waals surface area contributed by atoms with Crippen molar-refractivity contribution in [3.63, 3.8) is 0 Å². The van der Waals surface area contributed by atoms with Crippen molar-refractivity contribution >= 4 is 43.6 Å². The third kappa shape index (κ3) is 6.68. The van der Waals surface area contributed by atoms with Gasteiger partial charge in [-0.3, -0.25) is 4.57 Å². The topological polar surface area (TPSA) is 48.5 Å². The Labute approximate surface area is 393 Å². The second kappa shape index (κ2) is 16.4. The Bertz CT molecular complexity index is 3930. The Morgan fingerprint density at radius 3 is 1.24 bits per heavy atom. The van der Waals surface area contributed by atoms with Crippen molar-refractivity contribution in [1.29, 1.82) is 0 Å². The first-order valence-corrected chi connectivity index (χ1v) is 23.0. The molecule has 0 radical (unpaired) electrons. The predicted octanol–water partition coefficient (Wildman–Crippen LogP) is 16.1. The molecular weight excluding hydrogens is 827 g/mol. The van der Waals surface area contributed by atoms with Crippen molar-refractivity contribution < 1.29 is 0 Å². The highest BCUT2D eigenvalue weighted by atomic mass is 15.2. The lowest BCUT2D eigenvalue weighted by atomic mass is 9.95. The van der Waals surface area contributed by atoms with Gasteiger partial charge in [-0.2, -0.15) is 9.97 Å². The average molecular weight is 868 g/mol. The van der Waals surface area contributed by atoms with E-state index in [1.807, 2.05) is 18.2 Å². The number of nitrogens with zero attached hydrogens (tertiary/aromatic N) is 5. The fourth-order valence-corrected chi connectivity index (χ4v) is 10.0. The molecule has 0 aliphatic rings. The molecule has 0 atom stereocenters. The lowest BCUT2D eigenvalue weighted by Gasteiger charge is -2.16. The number of benzene rings is 10. The van der Waals surface area contributed by atoms with Crippen LogP contribution < -0.4 is 0 Å². The molecular formula is C63H41N5. The molecule has 3 aromatic heterocycles. The zero-order valence-electron chi connectivity index (χ0n) is 36.9. The van der Waals surface area contributed by atoms with Crippen LogP contribution in [0.15, 0.2) is 249 Å². The first-order valence-electron chi connectivity index (χ1n) is 23.0. The first-order chi connectivity index (χ1) is 33.7. The standard InChI is InChI=1S/C63H41N5/c1-5-19-42(20-6-1)49-39-54(45-23-9-3-10-24-45)60-55(40-49)53-29-15-18-32-58(53)68(60)63-65-61(46-25-11-4-12-26-46)64-62(66-63)47-35-33-43(34-36-47)48-37-38-50(44-21-7-2-8-22-44)59(41-48)67-56-30-16-13-27-51(56)52-28-14-17-31-57(52)67/h1-41H. The maximum atomic E-state index is 5.38. The molecule has 0 N–H and O–H groups in total. The molecule has 0 spiro atoms. The van der Waals surface area contributed by atoms with E-state index in [0.29, 0.717) is 17.6 Å². The van der Waals surface area contributed by atoms with Crippen LogP contribution in [0.5, 0.6) is 0 Å². The van der Waals surface area contributed by atoms with Crippen LogP contribution in [0.25, 0.3) is 123 Å². The fourth-order valence-electron chi connectivity index (χ4n) is 10.0. The number of hydrogen-bond donors (Lipinski definition) is 0.